The highest BCUT2D eigenvalue weighted by molar-refractivity contribution is 7.98. The van der Waals surface area contributed by atoms with Crippen molar-refractivity contribution >= 4 is 17.7 Å². The van der Waals surface area contributed by atoms with E-state index in [0.29, 0.717) is 35.8 Å². The average Bonchev–Trinajstić information content (AvgIpc) is 2.65. The Labute approximate surface area is 145 Å². The first kappa shape index (κ1) is 16.7. The van der Waals surface area contributed by atoms with E-state index in [1.165, 1.54) is 11.8 Å². The molecule has 5 nitrogen and oxygen atoms in total. The van der Waals surface area contributed by atoms with Gasteiger partial charge in [0.2, 0.25) is 0 Å². The van der Waals surface area contributed by atoms with E-state index in [1.807, 2.05) is 24.5 Å². The molecule has 1 heterocycles. The van der Waals surface area contributed by atoms with Crippen molar-refractivity contribution < 1.29 is 19.4 Å². The molecule has 2 aromatic rings. The second kappa shape index (κ2) is 7.59. The van der Waals surface area contributed by atoms with Gasteiger partial charge >= 0.3 is 0 Å². The fourth-order valence-corrected chi connectivity index (χ4v) is 3.10. The van der Waals surface area contributed by atoms with Gasteiger partial charge in [0.15, 0.2) is 11.5 Å². The van der Waals surface area contributed by atoms with Crippen LogP contribution in [0, 0.1) is 0 Å². The van der Waals surface area contributed by atoms with Crippen LogP contribution in [0.2, 0.25) is 0 Å². The van der Waals surface area contributed by atoms with Crippen molar-refractivity contribution in [3.8, 4) is 11.5 Å². The first-order valence-electron chi connectivity index (χ1n) is 7.68. The number of carbonyl (C=O) groups excluding carboxylic acids is 1. The first-order chi connectivity index (χ1) is 11.7. The third-order valence-electron chi connectivity index (χ3n) is 3.76. The first-order valence-corrected chi connectivity index (χ1v) is 8.90. The Balaban J connectivity index is 1.65. The summed E-state index contributed by atoms with van der Waals surface area (Å²) in [6.45, 7) is 1.15. The summed E-state index contributed by atoms with van der Waals surface area (Å²) in [4.78, 5) is 13.2. The SMILES string of the molecule is CSc1ccccc1C(=O)NC[C@H](O)c1ccc2c(c1)OCCO2. The van der Waals surface area contributed by atoms with Crippen LogP contribution in [0.1, 0.15) is 22.0 Å². The Kier molecular flexibility index (Phi) is 5.27. The second-order valence-electron chi connectivity index (χ2n) is 5.33. The van der Waals surface area contributed by atoms with Gasteiger partial charge < -0.3 is 19.9 Å². The van der Waals surface area contributed by atoms with Gasteiger partial charge in [0.25, 0.3) is 5.91 Å². The number of hydrogen-bond donors (Lipinski definition) is 2. The number of aliphatic hydroxyl groups is 1. The standard InChI is InChI=1S/C18H19NO4S/c1-24-17-5-3-2-4-13(17)18(21)19-11-14(20)12-6-7-15-16(10-12)23-9-8-22-15/h2-7,10,14,20H,8-9,11H2,1H3,(H,19,21)/t14-/m0/s1. The van der Waals surface area contributed by atoms with Crippen LogP contribution in [0.4, 0.5) is 0 Å². The summed E-state index contributed by atoms with van der Waals surface area (Å²) in [5.41, 5.74) is 1.29. The van der Waals surface area contributed by atoms with Crippen LogP contribution in [0.3, 0.4) is 0 Å². The normalized spacial score (nSPS) is 14.1. The van der Waals surface area contributed by atoms with Crippen LogP contribution < -0.4 is 14.8 Å². The lowest BCUT2D eigenvalue weighted by atomic mass is 10.1. The maximum absolute atomic E-state index is 12.3. The number of rotatable bonds is 5. The van der Waals surface area contributed by atoms with E-state index in [2.05, 4.69) is 5.32 Å². The minimum atomic E-state index is -0.814. The van der Waals surface area contributed by atoms with Gasteiger partial charge in [-0.15, -0.1) is 11.8 Å². The molecule has 2 N–H and O–H groups in total. The monoisotopic (exact) mass is 345 g/mol. The van der Waals surface area contributed by atoms with Crippen molar-refractivity contribution in [1.82, 2.24) is 5.32 Å². The fourth-order valence-electron chi connectivity index (χ4n) is 2.50. The van der Waals surface area contributed by atoms with E-state index in [4.69, 9.17) is 9.47 Å². The largest absolute Gasteiger partial charge is 0.486 e. The lowest BCUT2D eigenvalue weighted by Crippen LogP contribution is -2.28. The van der Waals surface area contributed by atoms with Gasteiger partial charge in [-0.25, -0.2) is 0 Å². The molecule has 0 unspecified atom stereocenters. The van der Waals surface area contributed by atoms with Crippen LogP contribution >= 0.6 is 11.8 Å². The molecule has 0 aromatic heterocycles. The molecular weight excluding hydrogens is 326 g/mol. The number of ether oxygens (including phenoxy) is 2. The lowest BCUT2D eigenvalue weighted by molar-refractivity contribution is 0.0913. The number of amides is 1. The van der Waals surface area contributed by atoms with Crippen LogP contribution in [-0.2, 0) is 0 Å². The van der Waals surface area contributed by atoms with Crippen LogP contribution in [0.5, 0.6) is 11.5 Å². The van der Waals surface area contributed by atoms with Gasteiger partial charge in [0.1, 0.15) is 13.2 Å². The third-order valence-corrected chi connectivity index (χ3v) is 4.55. The summed E-state index contributed by atoms with van der Waals surface area (Å²) in [7, 11) is 0. The number of hydrogen-bond acceptors (Lipinski definition) is 5. The predicted molar refractivity (Wildman–Crippen MR) is 92.9 cm³/mol. The summed E-state index contributed by atoms with van der Waals surface area (Å²) >= 11 is 1.52. The van der Waals surface area contributed by atoms with E-state index in [1.54, 1.807) is 24.3 Å². The van der Waals surface area contributed by atoms with Crippen molar-refractivity contribution in [2.24, 2.45) is 0 Å². The molecule has 0 saturated heterocycles. The number of benzene rings is 2. The molecule has 0 saturated carbocycles. The smallest absolute Gasteiger partial charge is 0.252 e. The molecule has 0 spiro atoms. The highest BCUT2D eigenvalue weighted by Gasteiger charge is 2.17. The molecule has 1 amide bonds. The van der Waals surface area contributed by atoms with Gasteiger partial charge in [-0.05, 0) is 36.1 Å². The Morgan fingerprint density at radius 1 is 1.21 bits per heavy atom. The summed E-state index contributed by atoms with van der Waals surface area (Å²) in [6, 6.07) is 12.7. The zero-order valence-electron chi connectivity index (χ0n) is 13.3. The van der Waals surface area contributed by atoms with Gasteiger partial charge in [-0.3, -0.25) is 4.79 Å². The summed E-state index contributed by atoms with van der Waals surface area (Å²) in [5.74, 6) is 1.10. The topological polar surface area (TPSA) is 67.8 Å². The number of thioether (sulfide) groups is 1. The van der Waals surface area contributed by atoms with Crippen molar-refractivity contribution in [3.05, 3.63) is 53.6 Å². The maximum atomic E-state index is 12.3. The molecule has 1 atom stereocenters. The molecule has 1 aliphatic heterocycles. The van der Waals surface area contributed by atoms with E-state index < -0.39 is 6.10 Å². The molecule has 0 bridgehead atoms. The van der Waals surface area contributed by atoms with Crippen molar-refractivity contribution in [3.63, 3.8) is 0 Å². The van der Waals surface area contributed by atoms with E-state index in [9.17, 15) is 9.90 Å². The van der Waals surface area contributed by atoms with Crippen molar-refractivity contribution in [2.45, 2.75) is 11.0 Å². The zero-order chi connectivity index (χ0) is 16.9. The summed E-state index contributed by atoms with van der Waals surface area (Å²) < 4.78 is 11.0. The van der Waals surface area contributed by atoms with Gasteiger partial charge in [0, 0.05) is 11.4 Å². The molecule has 24 heavy (non-hydrogen) atoms. The van der Waals surface area contributed by atoms with Crippen LogP contribution in [-0.4, -0.2) is 37.0 Å². The lowest BCUT2D eigenvalue weighted by Gasteiger charge is -2.20. The maximum Gasteiger partial charge on any atom is 0.252 e. The molecule has 0 radical (unpaired) electrons. The Hall–Kier alpha value is -2.18. The molecule has 6 heteroatoms. The van der Waals surface area contributed by atoms with Gasteiger partial charge in [-0.1, -0.05) is 18.2 Å². The minimum Gasteiger partial charge on any atom is -0.486 e. The number of fused-ring (bicyclic) bond motifs is 1. The molecule has 0 fully saturated rings. The number of carbonyl (C=O) groups is 1. The van der Waals surface area contributed by atoms with Crippen molar-refractivity contribution in [2.75, 3.05) is 26.0 Å². The third kappa shape index (κ3) is 3.66. The number of nitrogens with one attached hydrogen (secondary N) is 1. The molecule has 1 aliphatic rings. The minimum absolute atomic E-state index is 0.126. The second-order valence-corrected chi connectivity index (χ2v) is 6.18. The van der Waals surface area contributed by atoms with E-state index >= 15 is 0 Å². The Morgan fingerprint density at radius 2 is 1.96 bits per heavy atom. The summed E-state index contributed by atoms with van der Waals surface area (Å²) in [6.07, 6.45) is 1.11. The number of aliphatic hydroxyl groups excluding tert-OH is 1. The highest BCUT2D eigenvalue weighted by Crippen LogP contribution is 2.32. The van der Waals surface area contributed by atoms with Gasteiger partial charge in [0.05, 0.1) is 11.7 Å². The molecule has 0 aliphatic carbocycles. The fraction of sp³-hybridized carbons (Fsp3) is 0.278. The van der Waals surface area contributed by atoms with Crippen molar-refractivity contribution in [1.29, 1.82) is 0 Å². The van der Waals surface area contributed by atoms with E-state index in [-0.39, 0.29) is 12.5 Å². The van der Waals surface area contributed by atoms with Gasteiger partial charge in [-0.2, -0.15) is 0 Å². The summed E-state index contributed by atoms with van der Waals surface area (Å²) in [5, 5.41) is 13.1. The zero-order valence-corrected chi connectivity index (χ0v) is 14.1. The Morgan fingerprint density at radius 3 is 2.75 bits per heavy atom. The Bertz CT molecular complexity index is 735. The van der Waals surface area contributed by atoms with Crippen LogP contribution in [0.25, 0.3) is 0 Å². The predicted octanol–water partition coefficient (Wildman–Crippen LogP) is 2.64. The average molecular weight is 345 g/mol. The van der Waals surface area contributed by atoms with E-state index in [0.717, 1.165) is 4.90 Å². The molecule has 3 rings (SSSR count). The van der Waals surface area contributed by atoms with Crippen LogP contribution in [0.15, 0.2) is 47.4 Å². The molecule has 126 valence electrons. The molecule has 2 aromatic carbocycles. The molecular formula is C18H19NO4S. The quantitative estimate of drug-likeness (QED) is 0.816. The highest BCUT2D eigenvalue weighted by atomic mass is 32.2.